The SMILES string of the molecule is CCc1nc2c(C)ccc(Br)c2c(=O)[nH]1. The fourth-order valence-electron chi connectivity index (χ4n) is 1.55. The van der Waals surface area contributed by atoms with Crippen LogP contribution in [0.25, 0.3) is 10.9 Å². The molecule has 0 spiro atoms. The van der Waals surface area contributed by atoms with E-state index >= 15 is 0 Å². The maximum Gasteiger partial charge on any atom is 0.259 e. The highest BCUT2D eigenvalue weighted by Gasteiger charge is 2.08. The largest absolute Gasteiger partial charge is 0.310 e. The van der Waals surface area contributed by atoms with Gasteiger partial charge in [0.05, 0.1) is 10.9 Å². The Morgan fingerprint density at radius 2 is 2.20 bits per heavy atom. The van der Waals surface area contributed by atoms with Gasteiger partial charge in [-0.15, -0.1) is 0 Å². The molecule has 1 aromatic heterocycles. The van der Waals surface area contributed by atoms with Gasteiger partial charge in [0.15, 0.2) is 0 Å². The number of nitrogens with zero attached hydrogens (tertiary/aromatic N) is 1. The lowest BCUT2D eigenvalue weighted by molar-refractivity contribution is 0.942. The van der Waals surface area contributed by atoms with Crippen LogP contribution in [0.15, 0.2) is 21.4 Å². The molecule has 1 aromatic carbocycles. The molecule has 0 unspecified atom stereocenters. The second-order valence-corrected chi connectivity index (χ2v) is 4.31. The van der Waals surface area contributed by atoms with Gasteiger partial charge in [-0.05, 0) is 34.5 Å². The first-order valence-electron chi connectivity index (χ1n) is 4.81. The van der Waals surface area contributed by atoms with Crippen molar-refractivity contribution in [2.75, 3.05) is 0 Å². The minimum absolute atomic E-state index is 0.0765. The van der Waals surface area contributed by atoms with E-state index in [-0.39, 0.29) is 5.56 Å². The van der Waals surface area contributed by atoms with Crippen LogP contribution in [0.4, 0.5) is 0 Å². The van der Waals surface area contributed by atoms with E-state index in [1.54, 1.807) is 0 Å². The molecule has 0 aliphatic carbocycles. The van der Waals surface area contributed by atoms with E-state index in [4.69, 9.17) is 0 Å². The average Bonchev–Trinajstić information content (AvgIpc) is 2.23. The third kappa shape index (κ3) is 1.69. The summed E-state index contributed by atoms with van der Waals surface area (Å²) in [5, 5.41) is 0.632. The molecule has 0 aliphatic heterocycles. The Morgan fingerprint density at radius 1 is 1.47 bits per heavy atom. The van der Waals surface area contributed by atoms with Gasteiger partial charge in [-0.1, -0.05) is 13.0 Å². The number of hydrogen-bond acceptors (Lipinski definition) is 2. The predicted molar refractivity (Wildman–Crippen MR) is 64.2 cm³/mol. The van der Waals surface area contributed by atoms with E-state index in [0.717, 1.165) is 27.8 Å². The summed E-state index contributed by atoms with van der Waals surface area (Å²) in [6.45, 7) is 3.93. The lowest BCUT2D eigenvalue weighted by Gasteiger charge is -2.04. The van der Waals surface area contributed by atoms with Crippen LogP contribution in [0.1, 0.15) is 18.3 Å². The molecular weight excluding hydrogens is 256 g/mol. The van der Waals surface area contributed by atoms with Gasteiger partial charge in [0, 0.05) is 10.9 Å². The van der Waals surface area contributed by atoms with E-state index < -0.39 is 0 Å². The van der Waals surface area contributed by atoms with Gasteiger partial charge in [0.25, 0.3) is 5.56 Å². The van der Waals surface area contributed by atoms with Crippen molar-refractivity contribution < 1.29 is 0 Å². The zero-order chi connectivity index (χ0) is 11.0. The van der Waals surface area contributed by atoms with E-state index in [2.05, 4.69) is 25.9 Å². The molecule has 1 heterocycles. The summed E-state index contributed by atoms with van der Waals surface area (Å²) < 4.78 is 0.791. The number of benzene rings is 1. The minimum atomic E-state index is -0.0765. The number of halogens is 1. The van der Waals surface area contributed by atoms with Crippen LogP contribution in [0.2, 0.25) is 0 Å². The van der Waals surface area contributed by atoms with Crippen LogP contribution < -0.4 is 5.56 Å². The molecule has 0 bridgehead atoms. The normalized spacial score (nSPS) is 10.9. The summed E-state index contributed by atoms with van der Waals surface area (Å²) in [6, 6.07) is 3.83. The summed E-state index contributed by atoms with van der Waals surface area (Å²) in [7, 11) is 0. The highest BCUT2D eigenvalue weighted by molar-refractivity contribution is 9.10. The first-order valence-corrected chi connectivity index (χ1v) is 5.60. The Hall–Kier alpha value is -1.16. The molecule has 15 heavy (non-hydrogen) atoms. The van der Waals surface area contributed by atoms with Crippen LogP contribution in [-0.4, -0.2) is 9.97 Å². The molecule has 2 rings (SSSR count). The van der Waals surface area contributed by atoms with Crippen molar-refractivity contribution in [3.05, 3.63) is 38.3 Å². The zero-order valence-electron chi connectivity index (χ0n) is 8.60. The molecule has 78 valence electrons. The Balaban J connectivity index is 2.97. The molecule has 0 radical (unpaired) electrons. The standard InChI is InChI=1S/C11H11BrN2O/c1-3-8-13-10-6(2)4-5-7(12)9(10)11(15)14-8/h4-5H,3H2,1-2H3,(H,13,14,15). The summed E-state index contributed by atoms with van der Waals surface area (Å²) in [5.41, 5.74) is 1.73. The maximum atomic E-state index is 11.8. The molecule has 0 aliphatic rings. The Labute approximate surface area is 95.7 Å². The van der Waals surface area contributed by atoms with Crippen LogP contribution in [0.5, 0.6) is 0 Å². The number of H-pyrrole nitrogens is 1. The van der Waals surface area contributed by atoms with Crippen molar-refractivity contribution >= 4 is 26.8 Å². The molecule has 2 aromatic rings. The van der Waals surface area contributed by atoms with Crippen LogP contribution in [0, 0.1) is 6.92 Å². The summed E-state index contributed by atoms with van der Waals surface area (Å²) in [6.07, 6.45) is 0.733. The lowest BCUT2D eigenvalue weighted by atomic mass is 10.1. The van der Waals surface area contributed by atoms with Gasteiger partial charge >= 0.3 is 0 Å². The highest BCUT2D eigenvalue weighted by Crippen LogP contribution is 2.21. The molecule has 4 heteroatoms. The molecular formula is C11H11BrN2O. The van der Waals surface area contributed by atoms with Crippen molar-refractivity contribution in [3.63, 3.8) is 0 Å². The topological polar surface area (TPSA) is 45.8 Å². The number of fused-ring (bicyclic) bond motifs is 1. The zero-order valence-corrected chi connectivity index (χ0v) is 10.2. The van der Waals surface area contributed by atoms with Gasteiger partial charge in [-0.25, -0.2) is 4.98 Å². The Morgan fingerprint density at radius 3 is 2.87 bits per heavy atom. The fourth-order valence-corrected chi connectivity index (χ4v) is 2.05. The number of hydrogen-bond donors (Lipinski definition) is 1. The number of aryl methyl sites for hydroxylation is 2. The number of aromatic nitrogens is 2. The van der Waals surface area contributed by atoms with E-state index in [1.165, 1.54) is 0 Å². The monoisotopic (exact) mass is 266 g/mol. The first kappa shape index (κ1) is 10.4. The summed E-state index contributed by atoms with van der Waals surface area (Å²) in [5.74, 6) is 0.730. The van der Waals surface area contributed by atoms with Gasteiger partial charge < -0.3 is 4.98 Å². The third-order valence-corrected chi connectivity index (χ3v) is 3.06. The third-order valence-electron chi connectivity index (χ3n) is 2.40. The molecule has 0 amide bonds. The van der Waals surface area contributed by atoms with Gasteiger partial charge in [0.2, 0.25) is 0 Å². The van der Waals surface area contributed by atoms with E-state index in [0.29, 0.717) is 5.39 Å². The van der Waals surface area contributed by atoms with Crippen molar-refractivity contribution in [1.82, 2.24) is 9.97 Å². The first-order chi connectivity index (χ1) is 7.13. The highest BCUT2D eigenvalue weighted by atomic mass is 79.9. The van der Waals surface area contributed by atoms with E-state index in [1.807, 2.05) is 26.0 Å². The Kier molecular flexibility index (Phi) is 2.61. The molecule has 1 N–H and O–H groups in total. The molecule has 0 saturated heterocycles. The molecule has 0 atom stereocenters. The molecule has 3 nitrogen and oxygen atoms in total. The van der Waals surface area contributed by atoms with Crippen LogP contribution >= 0.6 is 15.9 Å². The van der Waals surface area contributed by atoms with Crippen molar-refractivity contribution in [1.29, 1.82) is 0 Å². The average molecular weight is 267 g/mol. The molecule has 0 fully saturated rings. The van der Waals surface area contributed by atoms with Crippen molar-refractivity contribution in [2.45, 2.75) is 20.3 Å². The van der Waals surface area contributed by atoms with Crippen molar-refractivity contribution in [2.24, 2.45) is 0 Å². The predicted octanol–water partition coefficient (Wildman–Crippen LogP) is 2.56. The van der Waals surface area contributed by atoms with Crippen molar-refractivity contribution in [3.8, 4) is 0 Å². The quantitative estimate of drug-likeness (QED) is 0.863. The summed E-state index contributed by atoms with van der Waals surface area (Å²) in [4.78, 5) is 19.0. The Bertz CT molecular complexity index is 575. The maximum absolute atomic E-state index is 11.8. The second kappa shape index (κ2) is 3.77. The molecule has 0 saturated carbocycles. The number of rotatable bonds is 1. The van der Waals surface area contributed by atoms with Gasteiger partial charge in [-0.2, -0.15) is 0 Å². The van der Waals surface area contributed by atoms with Gasteiger partial charge in [-0.3, -0.25) is 4.79 Å². The van der Waals surface area contributed by atoms with E-state index in [9.17, 15) is 4.79 Å². The van der Waals surface area contributed by atoms with Crippen LogP contribution in [0.3, 0.4) is 0 Å². The minimum Gasteiger partial charge on any atom is -0.310 e. The second-order valence-electron chi connectivity index (χ2n) is 3.45. The number of aromatic amines is 1. The lowest BCUT2D eigenvalue weighted by Crippen LogP contribution is -2.12. The van der Waals surface area contributed by atoms with Crippen LogP contribution in [-0.2, 0) is 6.42 Å². The summed E-state index contributed by atoms with van der Waals surface area (Å²) >= 11 is 3.37. The number of nitrogens with one attached hydrogen (secondary N) is 1. The smallest absolute Gasteiger partial charge is 0.259 e. The fraction of sp³-hybridized carbons (Fsp3) is 0.273. The van der Waals surface area contributed by atoms with Gasteiger partial charge in [0.1, 0.15) is 5.82 Å².